The average molecular weight is 264 g/mol. The fourth-order valence-electron chi connectivity index (χ4n) is 0.935. The normalized spacial score (nSPS) is 9.93. The first-order chi connectivity index (χ1) is 6.49. The van der Waals surface area contributed by atoms with Gasteiger partial charge in [0, 0.05) is 0 Å². The fourth-order valence-corrected chi connectivity index (χ4v) is 1.52. The molecule has 0 aliphatic rings. The molecule has 1 aromatic heterocycles. The van der Waals surface area contributed by atoms with Crippen LogP contribution in [0.15, 0.2) is 4.60 Å². The third kappa shape index (κ3) is 1.60. The van der Waals surface area contributed by atoms with Gasteiger partial charge in [-0.15, -0.1) is 0 Å². The minimum absolute atomic E-state index is 0.0131. The maximum Gasteiger partial charge on any atom is 0.436 e. The van der Waals surface area contributed by atoms with Crippen LogP contribution in [0, 0.1) is 10.1 Å². The number of carbonyl (C=O) groups excluding carboxylic acids is 1. The number of rotatable bonds is 2. The molecule has 8 heteroatoms. The molecular weight excluding hydrogens is 258 g/mol. The number of hydrogen-bond donors (Lipinski definition) is 0. The Bertz CT molecular complexity index is 400. The molecule has 0 spiro atoms. The Morgan fingerprint density at radius 1 is 1.71 bits per heavy atom. The summed E-state index contributed by atoms with van der Waals surface area (Å²) in [5, 5.41) is 10.4. The highest BCUT2D eigenvalue weighted by atomic mass is 79.9. The third-order valence-electron chi connectivity index (χ3n) is 1.57. The van der Waals surface area contributed by atoms with Crippen LogP contribution in [0.5, 0.6) is 0 Å². The van der Waals surface area contributed by atoms with Gasteiger partial charge in [0.1, 0.15) is 0 Å². The summed E-state index contributed by atoms with van der Waals surface area (Å²) in [4.78, 5) is 24.5. The van der Waals surface area contributed by atoms with Crippen molar-refractivity contribution >= 4 is 27.8 Å². The summed E-state index contributed by atoms with van der Waals surface area (Å²) in [7, 11) is 2.55. The van der Waals surface area contributed by atoms with Crippen molar-refractivity contribution in [2.45, 2.75) is 0 Å². The molecular formula is C6H6BrN3O4. The SMILES string of the molecule is COC(=O)c1c(Br)nc([N+](=O)[O-])n1C. The van der Waals surface area contributed by atoms with E-state index in [0.717, 1.165) is 4.57 Å². The molecule has 1 heterocycles. The second-order valence-electron chi connectivity index (χ2n) is 2.36. The maximum absolute atomic E-state index is 11.2. The van der Waals surface area contributed by atoms with Gasteiger partial charge in [0.2, 0.25) is 10.3 Å². The van der Waals surface area contributed by atoms with E-state index < -0.39 is 16.8 Å². The third-order valence-corrected chi connectivity index (χ3v) is 2.12. The van der Waals surface area contributed by atoms with Crippen LogP contribution in [0.2, 0.25) is 0 Å². The minimum atomic E-state index is -0.683. The lowest BCUT2D eigenvalue weighted by atomic mass is 10.5. The summed E-state index contributed by atoms with van der Waals surface area (Å²) in [5.41, 5.74) is 0.0131. The molecule has 0 fully saturated rings. The molecule has 0 aliphatic carbocycles. The maximum atomic E-state index is 11.2. The standard InChI is InChI=1S/C6H6BrN3O4/c1-9-3(5(11)14-2)4(7)8-6(9)10(12)13/h1-2H3. The van der Waals surface area contributed by atoms with E-state index in [-0.39, 0.29) is 10.3 Å². The van der Waals surface area contributed by atoms with Crippen molar-refractivity contribution in [1.82, 2.24) is 9.55 Å². The molecule has 0 saturated carbocycles. The van der Waals surface area contributed by atoms with Gasteiger partial charge in [0.15, 0.2) is 0 Å². The molecule has 76 valence electrons. The Balaban J connectivity index is 3.31. The highest BCUT2D eigenvalue weighted by Gasteiger charge is 2.28. The lowest BCUT2D eigenvalue weighted by Crippen LogP contribution is -2.09. The Hall–Kier alpha value is -1.44. The van der Waals surface area contributed by atoms with E-state index >= 15 is 0 Å². The predicted molar refractivity (Wildman–Crippen MR) is 48.9 cm³/mol. The topological polar surface area (TPSA) is 87.3 Å². The van der Waals surface area contributed by atoms with Crippen LogP contribution in [0.25, 0.3) is 0 Å². The van der Waals surface area contributed by atoms with E-state index in [2.05, 4.69) is 25.7 Å². The van der Waals surface area contributed by atoms with Gasteiger partial charge in [0.05, 0.1) is 14.2 Å². The monoisotopic (exact) mass is 263 g/mol. The van der Waals surface area contributed by atoms with E-state index in [1.165, 1.54) is 14.2 Å². The number of nitro groups is 1. The Labute approximate surface area is 87.0 Å². The fraction of sp³-hybridized carbons (Fsp3) is 0.333. The Kier molecular flexibility index (Phi) is 2.84. The van der Waals surface area contributed by atoms with Crippen molar-refractivity contribution in [1.29, 1.82) is 0 Å². The number of esters is 1. The molecule has 14 heavy (non-hydrogen) atoms. The lowest BCUT2D eigenvalue weighted by molar-refractivity contribution is -0.396. The van der Waals surface area contributed by atoms with Crippen LogP contribution in [0.3, 0.4) is 0 Å². The zero-order valence-electron chi connectivity index (χ0n) is 7.35. The molecule has 0 unspecified atom stereocenters. The van der Waals surface area contributed by atoms with Crippen LogP contribution in [0.4, 0.5) is 5.95 Å². The number of ether oxygens (including phenoxy) is 1. The van der Waals surface area contributed by atoms with Gasteiger partial charge < -0.3 is 14.9 Å². The molecule has 0 aliphatic heterocycles. The molecule has 0 aromatic carbocycles. The van der Waals surface area contributed by atoms with Gasteiger partial charge in [-0.05, 0) is 20.9 Å². The van der Waals surface area contributed by atoms with Gasteiger partial charge in [-0.3, -0.25) is 0 Å². The second kappa shape index (κ2) is 3.74. The molecule has 0 saturated heterocycles. The van der Waals surface area contributed by atoms with E-state index in [9.17, 15) is 14.9 Å². The highest BCUT2D eigenvalue weighted by molar-refractivity contribution is 9.10. The van der Waals surface area contributed by atoms with Crippen molar-refractivity contribution in [2.24, 2.45) is 7.05 Å². The second-order valence-corrected chi connectivity index (χ2v) is 3.11. The summed E-state index contributed by atoms with van der Waals surface area (Å²) < 4.78 is 5.59. The zero-order chi connectivity index (χ0) is 10.9. The molecule has 1 rings (SSSR count). The minimum Gasteiger partial charge on any atom is -0.463 e. The first-order valence-electron chi connectivity index (χ1n) is 3.44. The summed E-state index contributed by atoms with van der Waals surface area (Å²) in [5.74, 6) is -1.10. The number of carbonyl (C=O) groups is 1. The Morgan fingerprint density at radius 2 is 2.29 bits per heavy atom. The summed E-state index contributed by atoms with van der Waals surface area (Å²) in [6.07, 6.45) is 0. The number of aromatic nitrogens is 2. The van der Waals surface area contributed by atoms with Crippen LogP contribution in [-0.2, 0) is 11.8 Å². The van der Waals surface area contributed by atoms with E-state index in [0.29, 0.717) is 0 Å². The summed E-state index contributed by atoms with van der Waals surface area (Å²) >= 11 is 2.94. The number of methoxy groups -OCH3 is 1. The molecule has 0 bridgehead atoms. The van der Waals surface area contributed by atoms with Crippen molar-refractivity contribution in [3.8, 4) is 0 Å². The molecule has 0 atom stereocenters. The van der Waals surface area contributed by atoms with Gasteiger partial charge in [0.25, 0.3) is 0 Å². The molecule has 0 N–H and O–H groups in total. The van der Waals surface area contributed by atoms with Crippen LogP contribution in [-0.4, -0.2) is 27.6 Å². The number of halogens is 1. The van der Waals surface area contributed by atoms with Crippen molar-refractivity contribution in [3.63, 3.8) is 0 Å². The zero-order valence-corrected chi connectivity index (χ0v) is 8.94. The summed E-state index contributed by atoms with van der Waals surface area (Å²) in [6, 6.07) is 0. The first-order valence-corrected chi connectivity index (χ1v) is 4.23. The van der Waals surface area contributed by atoms with Gasteiger partial charge in [-0.25, -0.2) is 9.36 Å². The molecule has 1 aromatic rings. The average Bonchev–Trinajstić information content (AvgIpc) is 2.41. The van der Waals surface area contributed by atoms with Crippen LogP contribution in [0.1, 0.15) is 10.5 Å². The van der Waals surface area contributed by atoms with E-state index in [4.69, 9.17) is 0 Å². The first kappa shape index (κ1) is 10.6. The van der Waals surface area contributed by atoms with Gasteiger partial charge in [-0.2, -0.15) is 0 Å². The van der Waals surface area contributed by atoms with Crippen molar-refractivity contribution in [2.75, 3.05) is 7.11 Å². The Morgan fingerprint density at radius 3 is 2.64 bits per heavy atom. The van der Waals surface area contributed by atoms with Crippen LogP contribution >= 0.6 is 15.9 Å². The van der Waals surface area contributed by atoms with E-state index in [1.54, 1.807) is 0 Å². The smallest absolute Gasteiger partial charge is 0.436 e. The number of imidazole rings is 1. The van der Waals surface area contributed by atoms with Gasteiger partial charge in [-0.1, -0.05) is 4.98 Å². The number of nitrogens with zero attached hydrogens (tertiary/aromatic N) is 3. The quantitative estimate of drug-likeness (QED) is 0.449. The van der Waals surface area contributed by atoms with Crippen molar-refractivity contribution in [3.05, 3.63) is 20.4 Å². The van der Waals surface area contributed by atoms with Crippen LogP contribution < -0.4 is 0 Å². The summed E-state index contributed by atoms with van der Waals surface area (Å²) in [6.45, 7) is 0. The largest absolute Gasteiger partial charge is 0.463 e. The van der Waals surface area contributed by atoms with Crippen molar-refractivity contribution < 1.29 is 14.5 Å². The molecule has 0 radical (unpaired) electrons. The lowest BCUT2D eigenvalue weighted by Gasteiger charge is -1.97. The molecule has 7 nitrogen and oxygen atoms in total. The highest BCUT2D eigenvalue weighted by Crippen LogP contribution is 2.21. The number of hydrogen-bond acceptors (Lipinski definition) is 5. The molecule has 0 amide bonds. The van der Waals surface area contributed by atoms with Gasteiger partial charge >= 0.3 is 11.9 Å². The van der Waals surface area contributed by atoms with E-state index in [1.807, 2.05) is 0 Å². The predicted octanol–water partition coefficient (Wildman–Crippen LogP) is 0.877.